The van der Waals surface area contributed by atoms with Crippen LogP contribution in [0, 0.1) is 0 Å². The molecule has 0 aliphatic carbocycles. The third kappa shape index (κ3) is 3.81. The first-order valence-corrected chi connectivity index (χ1v) is 8.53. The zero-order valence-corrected chi connectivity index (χ0v) is 15.5. The third-order valence-corrected chi connectivity index (χ3v) is 4.50. The van der Waals surface area contributed by atoms with E-state index in [2.05, 4.69) is 5.32 Å². The molecule has 142 valence electrons. The van der Waals surface area contributed by atoms with Crippen LogP contribution in [0.5, 0.6) is 17.2 Å². The summed E-state index contributed by atoms with van der Waals surface area (Å²) in [7, 11) is 4.63. The Labute approximate surface area is 157 Å². The minimum Gasteiger partial charge on any atom is -0.497 e. The average molecular weight is 370 g/mol. The molecule has 2 aromatic carbocycles. The highest BCUT2D eigenvalue weighted by Gasteiger charge is 2.35. The predicted octanol–water partition coefficient (Wildman–Crippen LogP) is 2.03. The number of piperazine rings is 1. The molecule has 0 radical (unpaired) electrons. The molecule has 0 saturated carbocycles. The SMILES string of the molecule is COc1ccc(C2C(=O)NCCN2C(=O)c2cc(OC)cc(OC)c2)cc1. The highest BCUT2D eigenvalue weighted by Crippen LogP contribution is 2.29. The smallest absolute Gasteiger partial charge is 0.255 e. The highest BCUT2D eigenvalue weighted by atomic mass is 16.5. The Morgan fingerprint density at radius 1 is 0.963 bits per heavy atom. The normalized spacial score (nSPS) is 16.5. The van der Waals surface area contributed by atoms with Gasteiger partial charge in [0, 0.05) is 24.7 Å². The molecule has 27 heavy (non-hydrogen) atoms. The van der Waals surface area contributed by atoms with E-state index in [0.29, 0.717) is 35.9 Å². The molecular weight excluding hydrogens is 348 g/mol. The van der Waals surface area contributed by atoms with Crippen molar-refractivity contribution >= 4 is 11.8 Å². The van der Waals surface area contributed by atoms with Crippen LogP contribution in [-0.2, 0) is 4.79 Å². The number of ether oxygens (including phenoxy) is 3. The van der Waals surface area contributed by atoms with Crippen LogP contribution in [0.25, 0.3) is 0 Å². The Balaban J connectivity index is 1.96. The van der Waals surface area contributed by atoms with Crippen LogP contribution < -0.4 is 19.5 Å². The van der Waals surface area contributed by atoms with Crippen molar-refractivity contribution in [1.29, 1.82) is 0 Å². The maximum atomic E-state index is 13.2. The number of benzene rings is 2. The van der Waals surface area contributed by atoms with E-state index in [1.807, 2.05) is 0 Å². The van der Waals surface area contributed by atoms with Gasteiger partial charge >= 0.3 is 0 Å². The maximum absolute atomic E-state index is 13.2. The average Bonchev–Trinajstić information content (AvgIpc) is 2.72. The summed E-state index contributed by atoms with van der Waals surface area (Å²) in [6.07, 6.45) is 0. The van der Waals surface area contributed by atoms with Crippen molar-refractivity contribution in [3.8, 4) is 17.2 Å². The summed E-state index contributed by atoms with van der Waals surface area (Å²) >= 11 is 0. The number of hydrogen-bond acceptors (Lipinski definition) is 5. The second-order valence-electron chi connectivity index (χ2n) is 6.07. The van der Waals surface area contributed by atoms with E-state index < -0.39 is 6.04 Å². The summed E-state index contributed by atoms with van der Waals surface area (Å²) in [4.78, 5) is 27.3. The first-order chi connectivity index (χ1) is 13.1. The monoisotopic (exact) mass is 370 g/mol. The summed E-state index contributed by atoms with van der Waals surface area (Å²) in [5, 5.41) is 2.83. The second kappa shape index (κ2) is 7.99. The van der Waals surface area contributed by atoms with Gasteiger partial charge in [0.2, 0.25) is 5.91 Å². The standard InChI is InChI=1S/C20H22N2O5/c1-25-15-6-4-13(5-7-15)18-19(23)21-8-9-22(18)20(24)14-10-16(26-2)12-17(11-14)27-3/h4-7,10-12,18H,8-9H2,1-3H3,(H,21,23). The van der Waals surface area contributed by atoms with Crippen LogP contribution in [-0.4, -0.2) is 51.1 Å². The largest absolute Gasteiger partial charge is 0.497 e. The number of nitrogens with zero attached hydrogens (tertiary/aromatic N) is 1. The van der Waals surface area contributed by atoms with Crippen LogP contribution in [0.1, 0.15) is 22.0 Å². The Hall–Kier alpha value is -3.22. The van der Waals surface area contributed by atoms with Crippen molar-refractivity contribution in [1.82, 2.24) is 10.2 Å². The number of rotatable bonds is 5. The molecule has 7 nitrogen and oxygen atoms in total. The van der Waals surface area contributed by atoms with E-state index in [4.69, 9.17) is 14.2 Å². The molecule has 7 heteroatoms. The quantitative estimate of drug-likeness (QED) is 0.871. The van der Waals surface area contributed by atoms with Gasteiger partial charge in [-0.25, -0.2) is 0 Å². The number of amides is 2. The van der Waals surface area contributed by atoms with E-state index in [9.17, 15) is 9.59 Å². The minimum atomic E-state index is -0.714. The molecule has 1 aliphatic heterocycles. The number of nitrogens with one attached hydrogen (secondary N) is 1. The Kier molecular flexibility index (Phi) is 5.49. The number of methoxy groups -OCH3 is 3. The van der Waals surface area contributed by atoms with Crippen molar-refractivity contribution in [2.24, 2.45) is 0 Å². The van der Waals surface area contributed by atoms with Gasteiger partial charge in [0.15, 0.2) is 0 Å². The van der Waals surface area contributed by atoms with Crippen LogP contribution in [0.3, 0.4) is 0 Å². The van der Waals surface area contributed by atoms with Crippen LogP contribution in [0.2, 0.25) is 0 Å². The van der Waals surface area contributed by atoms with Crippen molar-refractivity contribution in [3.63, 3.8) is 0 Å². The Morgan fingerprint density at radius 3 is 2.11 bits per heavy atom. The molecule has 2 amide bonds. The van der Waals surface area contributed by atoms with Crippen molar-refractivity contribution in [2.45, 2.75) is 6.04 Å². The molecule has 1 unspecified atom stereocenters. The third-order valence-electron chi connectivity index (χ3n) is 4.50. The number of carbonyl (C=O) groups is 2. The zero-order chi connectivity index (χ0) is 19.4. The van der Waals surface area contributed by atoms with Gasteiger partial charge in [0.25, 0.3) is 5.91 Å². The maximum Gasteiger partial charge on any atom is 0.255 e. The summed E-state index contributed by atoms with van der Waals surface area (Å²) in [6, 6.07) is 11.4. The van der Waals surface area contributed by atoms with E-state index >= 15 is 0 Å². The van der Waals surface area contributed by atoms with E-state index in [1.165, 1.54) is 14.2 Å². The van der Waals surface area contributed by atoms with Crippen LogP contribution in [0.15, 0.2) is 42.5 Å². The van der Waals surface area contributed by atoms with Gasteiger partial charge in [-0.15, -0.1) is 0 Å². The fourth-order valence-corrected chi connectivity index (χ4v) is 3.10. The fourth-order valence-electron chi connectivity index (χ4n) is 3.10. The van der Waals surface area contributed by atoms with E-state index in [-0.39, 0.29) is 11.8 Å². The molecule has 1 N–H and O–H groups in total. The highest BCUT2D eigenvalue weighted by molar-refractivity contribution is 5.99. The fraction of sp³-hybridized carbons (Fsp3) is 0.300. The molecule has 1 atom stereocenters. The first kappa shape index (κ1) is 18.6. The zero-order valence-electron chi connectivity index (χ0n) is 15.5. The molecule has 1 saturated heterocycles. The predicted molar refractivity (Wildman–Crippen MR) is 99.3 cm³/mol. The molecule has 1 heterocycles. The molecule has 1 fully saturated rings. The van der Waals surface area contributed by atoms with Gasteiger partial charge in [-0.05, 0) is 29.8 Å². The lowest BCUT2D eigenvalue weighted by Gasteiger charge is -2.35. The molecule has 0 aromatic heterocycles. The van der Waals surface area contributed by atoms with Crippen LogP contribution >= 0.6 is 0 Å². The summed E-state index contributed by atoms with van der Waals surface area (Å²) < 4.78 is 15.7. The van der Waals surface area contributed by atoms with Gasteiger partial charge in [0.1, 0.15) is 23.3 Å². The Bertz CT molecular complexity index is 813. The molecule has 2 aromatic rings. The minimum absolute atomic E-state index is 0.213. The number of hydrogen-bond donors (Lipinski definition) is 1. The van der Waals surface area contributed by atoms with Gasteiger partial charge in [-0.2, -0.15) is 0 Å². The number of carbonyl (C=O) groups excluding carboxylic acids is 2. The molecule has 0 spiro atoms. The first-order valence-electron chi connectivity index (χ1n) is 8.53. The molecule has 1 aliphatic rings. The summed E-state index contributed by atoms with van der Waals surface area (Å²) in [5.74, 6) is 1.24. The second-order valence-corrected chi connectivity index (χ2v) is 6.07. The van der Waals surface area contributed by atoms with Gasteiger partial charge < -0.3 is 24.4 Å². The van der Waals surface area contributed by atoms with Gasteiger partial charge in [-0.1, -0.05) is 12.1 Å². The molecule has 3 rings (SSSR count). The van der Waals surface area contributed by atoms with Crippen LogP contribution in [0.4, 0.5) is 0 Å². The van der Waals surface area contributed by atoms with Crippen molar-refractivity contribution in [2.75, 3.05) is 34.4 Å². The molecular formula is C20H22N2O5. The van der Waals surface area contributed by atoms with E-state index in [1.54, 1.807) is 54.5 Å². The van der Waals surface area contributed by atoms with Gasteiger partial charge in [-0.3, -0.25) is 9.59 Å². The molecule has 0 bridgehead atoms. The lowest BCUT2D eigenvalue weighted by Crippen LogP contribution is -2.52. The summed E-state index contributed by atoms with van der Waals surface area (Å²) in [5.41, 5.74) is 1.12. The van der Waals surface area contributed by atoms with Gasteiger partial charge in [0.05, 0.1) is 21.3 Å². The van der Waals surface area contributed by atoms with Crippen molar-refractivity contribution in [3.05, 3.63) is 53.6 Å². The van der Waals surface area contributed by atoms with E-state index in [0.717, 1.165) is 5.56 Å². The Morgan fingerprint density at radius 2 is 1.56 bits per heavy atom. The lowest BCUT2D eigenvalue weighted by molar-refractivity contribution is -0.128. The lowest BCUT2D eigenvalue weighted by atomic mass is 10.0. The topological polar surface area (TPSA) is 77.1 Å². The van der Waals surface area contributed by atoms with Crippen molar-refractivity contribution < 1.29 is 23.8 Å². The summed E-state index contributed by atoms with van der Waals surface area (Å²) in [6.45, 7) is 0.805.